The average molecular weight is 324 g/mol. The van der Waals surface area contributed by atoms with Gasteiger partial charge < -0.3 is 19.3 Å². The second kappa shape index (κ2) is 8.45. The Labute approximate surface area is 133 Å². The molecule has 0 aliphatic heterocycles. The topological polar surface area (TPSA) is 47.9 Å². The van der Waals surface area contributed by atoms with Crippen LogP contribution in [0.5, 0.6) is 11.5 Å². The number of aliphatic hydroxyl groups is 1. The smallest absolute Gasteiger partial charge is 0.129 e. The molecule has 2 rings (SSSR count). The SMILES string of the molecule is COc1ccccc1COCC(O)COc1cc(F)cc(F)c1. The first-order valence-electron chi connectivity index (χ1n) is 7.05. The maximum Gasteiger partial charge on any atom is 0.129 e. The van der Waals surface area contributed by atoms with E-state index in [9.17, 15) is 13.9 Å². The monoisotopic (exact) mass is 324 g/mol. The lowest BCUT2D eigenvalue weighted by molar-refractivity contribution is 0.00493. The molecule has 0 aliphatic rings. The van der Waals surface area contributed by atoms with Crippen LogP contribution < -0.4 is 9.47 Å². The first-order valence-corrected chi connectivity index (χ1v) is 7.05. The molecule has 0 spiro atoms. The number of methoxy groups -OCH3 is 1. The van der Waals surface area contributed by atoms with Gasteiger partial charge in [0, 0.05) is 23.8 Å². The normalized spacial score (nSPS) is 12.0. The van der Waals surface area contributed by atoms with Crippen molar-refractivity contribution in [2.45, 2.75) is 12.7 Å². The van der Waals surface area contributed by atoms with Gasteiger partial charge in [-0.2, -0.15) is 0 Å². The molecule has 23 heavy (non-hydrogen) atoms. The van der Waals surface area contributed by atoms with Crippen molar-refractivity contribution in [2.24, 2.45) is 0 Å². The van der Waals surface area contributed by atoms with Gasteiger partial charge in [-0.3, -0.25) is 0 Å². The molecule has 2 aromatic rings. The Bertz CT molecular complexity index is 613. The van der Waals surface area contributed by atoms with Gasteiger partial charge in [0.15, 0.2) is 0 Å². The molecule has 124 valence electrons. The third-order valence-electron chi connectivity index (χ3n) is 3.04. The number of aliphatic hydroxyl groups excluding tert-OH is 1. The number of para-hydroxylation sites is 1. The summed E-state index contributed by atoms with van der Waals surface area (Å²) in [5.74, 6) is -0.747. The fourth-order valence-corrected chi connectivity index (χ4v) is 1.98. The predicted molar refractivity (Wildman–Crippen MR) is 80.5 cm³/mol. The van der Waals surface area contributed by atoms with Crippen LogP contribution in [0.4, 0.5) is 8.78 Å². The molecule has 0 aliphatic carbocycles. The molecule has 0 saturated heterocycles. The zero-order valence-corrected chi connectivity index (χ0v) is 12.7. The van der Waals surface area contributed by atoms with Crippen molar-refractivity contribution in [1.29, 1.82) is 0 Å². The Balaban J connectivity index is 1.75. The van der Waals surface area contributed by atoms with Gasteiger partial charge in [-0.25, -0.2) is 8.78 Å². The van der Waals surface area contributed by atoms with Crippen LogP contribution in [0.3, 0.4) is 0 Å². The van der Waals surface area contributed by atoms with E-state index < -0.39 is 17.7 Å². The average Bonchev–Trinajstić information content (AvgIpc) is 2.52. The van der Waals surface area contributed by atoms with Gasteiger partial charge >= 0.3 is 0 Å². The van der Waals surface area contributed by atoms with E-state index in [1.165, 1.54) is 0 Å². The summed E-state index contributed by atoms with van der Waals surface area (Å²) in [4.78, 5) is 0. The minimum Gasteiger partial charge on any atom is -0.496 e. The standard InChI is InChI=1S/C17H18F2O4/c1-21-17-5-3-2-4-12(17)9-22-10-15(20)11-23-16-7-13(18)6-14(19)8-16/h2-8,15,20H,9-11H2,1H3. The van der Waals surface area contributed by atoms with Crippen LogP contribution >= 0.6 is 0 Å². The summed E-state index contributed by atoms with van der Waals surface area (Å²) in [6.07, 6.45) is -0.920. The largest absolute Gasteiger partial charge is 0.496 e. The predicted octanol–water partition coefficient (Wildman–Crippen LogP) is 2.93. The van der Waals surface area contributed by atoms with E-state index >= 15 is 0 Å². The highest BCUT2D eigenvalue weighted by Gasteiger charge is 2.09. The van der Waals surface area contributed by atoms with Crippen LogP contribution in [0, 0.1) is 11.6 Å². The van der Waals surface area contributed by atoms with E-state index in [0.29, 0.717) is 5.75 Å². The summed E-state index contributed by atoms with van der Waals surface area (Å²) in [5, 5.41) is 9.78. The van der Waals surface area contributed by atoms with Crippen molar-refractivity contribution in [2.75, 3.05) is 20.3 Å². The zero-order chi connectivity index (χ0) is 16.7. The lowest BCUT2D eigenvalue weighted by atomic mass is 10.2. The zero-order valence-electron chi connectivity index (χ0n) is 12.7. The molecule has 2 aromatic carbocycles. The second-order valence-electron chi connectivity index (χ2n) is 4.90. The summed E-state index contributed by atoms with van der Waals surface area (Å²) in [5.41, 5.74) is 0.857. The highest BCUT2D eigenvalue weighted by Crippen LogP contribution is 2.18. The fourth-order valence-electron chi connectivity index (χ4n) is 1.98. The molecule has 0 amide bonds. The molecule has 6 heteroatoms. The Kier molecular flexibility index (Phi) is 6.31. The number of ether oxygens (including phenoxy) is 3. The molecule has 1 unspecified atom stereocenters. The van der Waals surface area contributed by atoms with Crippen LogP contribution in [0.25, 0.3) is 0 Å². The minimum atomic E-state index is -0.920. The second-order valence-corrected chi connectivity index (χ2v) is 4.90. The number of benzene rings is 2. The number of rotatable bonds is 8. The van der Waals surface area contributed by atoms with Gasteiger partial charge in [-0.05, 0) is 6.07 Å². The Morgan fingerprint density at radius 1 is 1.04 bits per heavy atom. The maximum atomic E-state index is 13.0. The lowest BCUT2D eigenvalue weighted by Gasteiger charge is -2.14. The summed E-state index contributed by atoms with van der Waals surface area (Å²) >= 11 is 0. The number of hydrogen-bond acceptors (Lipinski definition) is 4. The molecule has 1 N–H and O–H groups in total. The van der Waals surface area contributed by atoms with Crippen molar-refractivity contribution >= 4 is 0 Å². The molecule has 0 bridgehead atoms. The van der Waals surface area contributed by atoms with Gasteiger partial charge in [0.25, 0.3) is 0 Å². The minimum absolute atomic E-state index is 0.0197. The summed E-state index contributed by atoms with van der Waals surface area (Å²) in [6.45, 7) is 0.167. The summed E-state index contributed by atoms with van der Waals surface area (Å²) in [7, 11) is 1.57. The molecular weight excluding hydrogens is 306 g/mol. The number of hydrogen-bond donors (Lipinski definition) is 1. The Morgan fingerprint density at radius 3 is 2.43 bits per heavy atom. The molecule has 0 fully saturated rings. The van der Waals surface area contributed by atoms with Crippen molar-refractivity contribution in [3.05, 3.63) is 59.7 Å². The molecular formula is C17H18F2O4. The molecule has 0 heterocycles. The highest BCUT2D eigenvalue weighted by atomic mass is 19.1. The first kappa shape index (κ1) is 17.2. The van der Waals surface area contributed by atoms with Gasteiger partial charge in [-0.1, -0.05) is 18.2 Å². The molecule has 0 saturated carbocycles. The van der Waals surface area contributed by atoms with E-state index in [1.807, 2.05) is 24.3 Å². The quantitative estimate of drug-likeness (QED) is 0.811. The van der Waals surface area contributed by atoms with Gasteiger partial charge in [0.1, 0.15) is 35.8 Å². The summed E-state index contributed by atoms with van der Waals surface area (Å²) in [6, 6.07) is 10.2. The van der Waals surface area contributed by atoms with Crippen molar-refractivity contribution in [3.63, 3.8) is 0 Å². The highest BCUT2D eigenvalue weighted by molar-refractivity contribution is 5.32. The van der Waals surface area contributed by atoms with Gasteiger partial charge in [0.2, 0.25) is 0 Å². The maximum absolute atomic E-state index is 13.0. The third-order valence-corrected chi connectivity index (χ3v) is 3.04. The molecule has 4 nitrogen and oxygen atoms in total. The van der Waals surface area contributed by atoms with Crippen molar-refractivity contribution in [3.8, 4) is 11.5 Å². The van der Waals surface area contributed by atoms with Gasteiger partial charge in [0.05, 0.1) is 20.3 Å². The molecule has 0 radical (unpaired) electrons. The summed E-state index contributed by atoms with van der Waals surface area (Å²) < 4.78 is 41.7. The van der Waals surface area contributed by atoms with Crippen LogP contribution in [-0.4, -0.2) is 31.5 Å². The van der Waals surface area contributed by atoms with Crippen molar-refractivity contribution < 1.29 is 28.1 Å². The Hall–Kier alpha value is -2.18. The lowest BCUT2D eigenvalue weighted by Crippen LogP contribution is -2.23. The van der Waals surface area contributed by atoms with E-state index in [-0.39, 0.29) is 25.6 Å². The van der Waals surface area contributed by atoms with Crippen LogP contribution in [-0.2, 0) is 11.3 Å². The van der Waals surface area contributed by atoms with E-state index in [0.717, 1.165) is 23.8 Å². The van der Waals surface area contributed by atoms with E-state index in [2.05, 4.69) is 0 Å². The third kappa shape index (κ3) is 5.50. The van der Waals surface area contributed by atoms with Crippen molar-refractivity contribution in [1.82, 2.24) is 0 Å². The van der Waals surface area contributed by atoms with E-state index in [4.69, 9.17) is 14.2 Å². The van der Waals surface area contributed by atoms with E-state index in [1.54, 1.807) is 7.11 Å². The fraction of sp³-hybridized carbons (Fsp3) is 0.294. The number of halogens is 2. The van der Waals surface area contributed by atoms with Crippen LogP contribution in [0.2, 0.25) is 0 Å². The molecule has 1 atom stereocenters. The van der Waals surface area contributed by atoms with Crippen LogP contribution in [0.1, 0.15) is 5.56 Å². The molecule has 0 aromatic heterocycles. The first-order chi connectivity index (χ1) is 11.1. The van der Waals surface area contributed by atoms with Crippen LogP contribution in [0.15, 0.2) is 42.5 Å². The van der Waals surface area contributed by atoms with Gasteiger partial charge in [-0.15, -0.1) is 0 Å². The Morgan fingerprint density at radius 2 is 1.74 bits per heavy atom.